The van der Waals surface area contributed by atoms with Gasteiger partial charge in [0.25, 0.3) is 0 Å². The van der Waals surface area contributed by atoms with Crippen LogP contribution in [0.15, 0.2) is 17.0 Å². The van der Waals surface area contributed by atoms with Crippen LogP contribution in [0.4, 0.5) is 0 Å². The van der Waals surface area contributed by atoms with Gasteiger partial charge in [-0.1, -0.05) is 0 Å². The molecule has 36 heavy (non-hydrogen) atoms. The molecule has 3 rings (SSSR count). The van der Waals surface area contributed by atoms with Crippen LogP contribution in [0.1, 0.15) is 43.2 Å². The number of likely N-dealkylation sites (N-methyl/N-ethyl adjacent to an activating group) is 3. The lowest BCUT2D eigenvalue weighted by Crippen LogP contribution is -2.48. The molecule has 0 spiro atoms. The predicted molar refractivity (Wildman–Crippen MR) is 145 cm³/mol. The molecular formula is C27H46N4O4S. The number of hydrogen-bond donors (Lipinski definition) is 0. The summed E-state index contributed by atoms with van der Waals surface area (Å²) in [6.07, 6.45) is 5.73. The van der Waals surface area contributed by atoms with Crippen LogP contribution >= 0.6 is 0 Å². The van der Waals surface area contributed by atoms with Crippen molar-refractivity contribution >= 4 is 16.9 Å². The molecule has 0 aromatic heterocycles. The van der Waals surface area contributed by atoms with E-state index < -0.39 is 11.0 Å². The number of amides is 1. The van der Waals surface area contributed by atoms with Gasteiger partial charge in [-0.05, 0) is 89.3 Å². The molecule has 0 bridgehead atoms. The van der Waals surface area contributed by atoms with E-state index in [1.807, 2.05) is 45.0 Å². The summed E-state index contributed by atoms with van der Waals surface area (Å²) in [5, 5.41) is 0. The lowest BCUT2D eigenvalue weighted by molar-refractivity contribution is -0.138. The first-order valence-corrected chi connectivity index (χ1v) is 14.4. The number of nitrogens with zero attached hydrogens (tertiary/aromatic N) is 4. The third-order valence-corrected chi connectivity index (χ3v) is 9.48. The molecule has 204 valence electrons. The van der Waals surface area contributed by atoms with Crippen molar-refractivity contribution in [1.82, 2.24) is 19.0 Å². The molecule has 0 radical (unpaired) electrons. The molecule has 0 N–H and O–H groups in total. The van der Waals surface area contributed by atoms with Crippen LogP contribution in [-0.2, 0) is 20.5 Å². The first-order valence-electron chi connectivity index (χ1n) is 13.3. The van der Waals surface area contributed by atoms with Gasteiger partial charge in [-0.15, -0.1) is 0 Å². The predicted octanol–water partition coefficient (Wildman–Crippen LogP) is 2.69. The summed E-state index contributed by atoms with van der Waals surface area (Å²) >= 11 is 0. The van der Waals surface area contributed by atoms with Gasteiger partial charge in [-0.3, -0.25) is 9.69 Å². The van der Waals surface area contributed by atoms with Crippen LogP contribution in [-0.4, -0.2) is 115 Å². The molecule has 1 saturated carbocycles. The third kappa shape index (κ3) is 7.74. The minimum absolute atomic E-state index is 0.0295. The second-order valence-corrected chi connectivity index (χ2v) is 11.9. The summed E-state index contributed by atoms with van der Waals surface area (Å²) in [4.78, 5) is 20.6. The van der Waals surface area contributed by atoms with E-state index in [4.69, 9.17) is 9.47 Å². The van der Waals surface area contributed by atoms with Gasteiger partial charge in [0.05, 0.1) is 18.6 Å². The first kappa shape index (κ1) is 29.0. The Morgan fingerprint density at radius 1 is 1.08 bits per heavy atom. The van der Waals surface area contributed by atoms with Gasteiger partial charge in [0.15, 0.2) is 0 Å². The van der Waals surface area contributed by atoms with Crippen molar-refractivity contribution in [1.29, 1.82) is 0 Å². The molecule has 1 unspecified atom stereocenters. The largest absolute Gasteiger partial charge is 0.497 e. The molecule has 1 aromatic carbocycles. The Hall–Kier alpha value is -1.52. The number of carbonyl (C=O) groups is 1. The van der Waals surface area contributed by atoms with Crippen LogP contribution in [0.5, 0.6) is 5.75 Å². The Bertz CT molecular complexity index is 876. The number of hydrogen-bond acceptors (Lipinski definition) is 6. The Balaban J connectivity index is 1.43. The zero-order valence-electron chi connectivity index (χ0n) is 23.1. The van der Waals surface area contributed by atoms with Crippen LogP contribution in [0.25, 0.3) is 0 Å². The summed E-state index contributed by atoms with van der Waals surface area (Å²) in [5.74, 6) is 0.796. The molecule has 1 heterocycles. The third-order valence-electron chi connectivity index (χ3n) is 7.73. The minimum Gasteiger partial charge on any atom is -0.497 e. The van der Waals surface area contributed by atoms with Crippen molar-refractivity contribution < 1.29 is 18.5 Å². The Morgan fingerprint density at radius 2 is 1.81 bits per heavy atom. The maximum Gasteiger partial charge on any atom is 0.248 e. The van der Waals surface area contributed by atoms with E-state index in [-0.39, 0.29) is 18.6 Å². The molecule has 1 amide bonds. The molecule has 1 saturated heterocycles. The number of aryl methyl sites for hydroxylation is 2. The fourth-order valence-corrected chi connectivity index (χ4v) is 6.68. The molecular weight excluding hydrogens is 476 g/mol. The molecule has 1 aliphatic carbocycles. The average Bonchev–Trinajstić information content (AvgIpc) is 3.09. The van der Waals surface area contributed by atoms with E-state index in [0.717, 1.165) is 54.2 Å². The molecule has 9 heteroatoms. The van der Waals surface area contributed by atoms with Crippen molar-refractivity contribution in [2.75, 3.05) is 74.2 Å². The maximum atomic E-state index is 13.1. The van der Waals surface area contributed by atoms with Crippen LogP contribution < -0.4 is 4.74 Å². The van der Waals surface area contributed by atoms with Gasteiger partial charge in [-0.2, -0.15) is 0 Å². The highest BCUT2D eigenvalue weighted by Gasteiger charge is 2.31. The summed E-state index contributed by atoms with van der Waals surface area (Å²) in [7, 11) is 6.27. The van der Waals surface area contributed by atoms with Gasteiger partial charge in [-0.25, -0.2) is 8.51 Å². The molecule has 2 fully saturated rings. The lowest BCUT2D eigenvalue weighted by Gasteiger charge is -2.40. The standard InChI is InChI=1S/C27H46N4O4S/c1-21-17-25(34-6)18-22(2)27(21)36(33)29(4)15-16-35-20-26(32)30(5)23-9-7-10-24(19-23)31-12-8-11-28(3)13-14-31/h17-18,23-24H,7-16,19-20H2,1-6H3/t23-,24+,36?/m1/s1. The summed E-state index contributed by atoms with van der Waals surface area (Å²) in [6, 6.07) is 4.65. The molecule has 3 atom stereocenters. The SMILES string of the molecule is COc1cc(C)c(S(=O)N(C)CCOCC(=O)N(C)[C@@H]2CCC[C@H](N3CCCN(C)CC3)C2)c(C)c1. The first-order chi connectivity index (χ1) is 17.2. The minimum atomic E-state index is -1.30. The summed E-state index contributed by atoms with van der Waals surface area (Å²) in [6.45, 7) is 9.36. The zero-order valence-corrected chi connectivity index (χ0v) is 23.9. The Morgan fingerprint density at radius 3 is 2.50 bits per heavy atom. The van der Waals surface area contributed by atoms with E-state index in [2.05, 4.69) is 16.8 Å². The Labute approximate surface area is 220 Å². The van der Waals surface area contributed by atoms with Gasteiger partial charge in [0.2, 0.25) is 5.91 Å². The van der Waals surface area contributed by atoms with E-state index in [1.54, 1.807) is 11.4 Å². The van der Waals surface area contributed by atoms with E-state index in [9.17, 15) is 9.00 Å². The van der Waals surface area contributed by atoms with Gasteiger partial charge >= 0.3 is 0 Å². The highest BCUT2D eigenvalue weighted by molar-refractivity contribution is 7.82. The summed E-state index contributed by atoms with van der Waals surface area (Å²) < 4.78 is 25.9. The van der Waals surface area contributed by atoms with Gasteiger partial charge in [0.1, 0.15) is 23.3 Å². The monoisotopic (exact) mass is 522 g/mol. The summed E-state index contributed by atoms with van der Waals surface area (Å²) in [5.41, 5.74) is 1.88. The number of benzene rings is 1. The van der Waals surface area contributed by atoms with Crippen molar-refractivity contribution in [3.8, 4) is 5.75 Å². The highest BCUT2D eigenvalue weighted by Crippen LogP contribution is 2.27. The number of rotatable bonds is 10. The van der Waals surface area contributed by atoms with Crippen molar-refractivity contribution in [3.63, 3.8) is 0 Å². The molecule has 1 aliphatic heterocycles. The highest BCUT2D eigenvalue weighted by atomic mass is 32.2. The number of methoxy groups -OCH3 is 1. The molecule has 8 nitrogen and oxygen atoms in total. The fourth-order valence-electron chi connectivity index (χ4n) is 5.45. The number of ether oxygens (including phenoxy) is 2. The van der Waals surface area contributed by atoms with Crippen molar-refractivity contribution in [2.24, 2.45) is 0 Å². The van der Waals surface area contributed by atoms with Crippen molar-refractivity contribution in [3.05, 3.63) is 23.3 Å². The molecule has 1 aromatic rings. The van der Waals surface area contributed by atoms with E-state index in [1.165, 1.54) is 25.8 Å². The second-order valence-electron chi connectivity index (χ2n) is 10.4. The number of carbonyl (C=O) groups excluding carboxylic acids is 1. The Kier molecular flexibility index (Phi) is 11.2. The van der Waals surface area contributed by atoms with Crippen LogP contribution in [0, 0.1) is 13.8 Å². The van der Waals surface area contributed by atoms with E-state index >= 15 is 0 Å². The quantitative estimate of drug-likeness (QED) is 0.441. The lowest BCUT2D eigenvalue weighted by atomic mass is 9.89. The normalized spacial score (nSPS) is 22.9. The van der Waals surface area contributed by atoms with Crippen LogP contribution in [0.3, 0.4) is 0 Å². The van der Waals surface area contributed by atoms with Crippen LogP contribution in [0.2, 0.25) is 0 Å². The molecule has 2 aliphatic rings. The van der Waals surface area contributed by atoms with Crippen molar-refractivity contribution in [2.45, 2.75) is 62.9 Å². The topological polar surface area (TPSA) is 65.6 Å². The van der Waals surface area contributed by atoms with Gasteiger partial charge < -0.3 is 19.3 Å². The smallest absolute Gasteiger partial charge is 0.248 e. The maximum absolute atomic E-state index is 13.1. The average molecular weight is 523 g/mol. The van der Waals surface area contributed by atoms with E-state index in [0.29, 0.717) is 19.2 Å². The van der Waals surface area contributed by atoms with Gasteiger partial charge in [0, 0.05) is 45.8 Å². The zero-order chi connectivity index (χ0) is 26.2. The fraction of sp³-hybridized carbons (Fsp3) is 0.741. The second kappa shape index (κ2) is 13.9.